The lowest BCUT2D eigenvalue weighted by molar-refractivity contribution is -0.133. The Kier molecular flexibility index (Phi) is 5.60. The third-order valence-corrected chi connectivity index (χ3v) is 4.38. The zero-order chi connectivity index (χ0) is 13.7. The summed E-state index contributed by atoms with van der Waals surface area (Å²) in [6.45, 7) is 4.20. The van der Waals surface area contributed by atoms with Gasteiger partial charge in [0.1, 0.15) is 0 Å². The third kappa shape index (κ3) is 4.16. The fraction of sp³-hybridized carbons (Fsp3) is 0.929. The molecule has 1 N–H and O–H groups in total. The van der Waals surface area contributed by atoms with Crippen LogP contribution in [0.4, 0.5) is 0 Å². The standard InChI is InChI=1S/C14H26N2O3/c1-15(7-8-17)13-2-5-16(6-3-13)14(18)10-12-4-9-19-11-12/h12-13,17H,2-11H2,1H3/t12-/m0/s1. The lowest BCUT2D eigenvalue weighted by Gasteiger charge is -2.36. The quantitative estimate of drug-likeness (QED) is 0.782. The van der Waals surface area contributed by atoms with Gasteiger partial charge in [0.05, 0.1) is 6.61 Å². The molecule has 1 amide bonds. The summed E-state index contributed by atoms with van der Waals surface area (Å²) in [5.74, 6) is 0.723. The molecule has 0 saturated carbocycles. The highest BCUT2D eigenvalue weighted by molar-refractivity contribution is 5.76. The minimum atomic E-state index is 0.206. The zero-order valence-corrected chi connectivity index (χ0v) is 11.9. The van der Waals surface area contributed by atoms with E-state index >= 15 is 0 Å². The monoisotopic (exact) mass is 270 g/mol. The molecule has 0 aliphatic carbocycles. The van der Waals surface area contributed by atoms with Crippen molar-refractivity contribution in [3.63, 3.8) is 0 Å². The van der Waals surface area contributed by atoms with Crippen molar-refractivity contribution in [3.05, 3.63) is 0 Å². The van der Waals surface area contributed by atoms with E-state index in [0.717, 1.165) is 52.1 Å². The lowest BCUT2D eigenvalue weighted by atomic mass is 10.0. The molecule has 0 bridgehead atoms. The summed E-state index contributed by atoms with van der Waals surface area (Å²) < 4.78 is 5.32. The first-order chi connectivity index (χ1) is 9.20. The van der Waals surface area contributed by atoms with Crippen LogP contribution in [0.2, 0.25) is 0 Å². The minimum absolute atomic E-state index is 0.206. The molecule has 110 valence electrons. The first kappa shape index (κ1) is 14.8. The van der Waals surface area contributed by atoms with Crippen molar-refractivity contribution >= 4 is 5.91 Å². The molecule has 2 aliphatic heterocycles. The van der Waals surface area contributed by atoms with Crippen LogP contribution in [0.25, 0.3) is 0 Å². The van der Waals surface area contributed by atoms with Crippen molar-refractivity contribution < 1.29 is 14.6 Å². The van der Waals surface area contributed by atoms with Gasteiger partial charge in [0, 0.05) is 45.3 Å². The zero-order valence-electron chi connectivity index (χ0n) is 11.9. The second kappa shape index (κ2) is 7.22. The fourth-order valence-corrected chi connectivity index (χ4v) is 3.02. The summed E-state index contributed by atoms with van der Waals surface area (Å²) in [7, 11) is 2.05. The van der Waals surface area contributed by atoms with Crippen LogP contribution in [-0.2, 0) is 9.53 Å². The number of nitrogens with zero attached hydrogens (tertiary/aromatic N) is 2. The summed E-state index contributed by atoms with van der Waals surface area (Å²) in [6.07, 6.45) is 3.71. The Bertz CT molecular complexity index is 284. The van der Waals surface area contributed by atoms with E-state index in [-0.39, 0.29) is 6.61 Å². The molecule has 0 spiro atoms. The molecule has 2 saturated heterocycles. The van der Waals surface area contributed by atoms with Crippen LogP contribution in [0, 0.1) is 5.92 Å². The van der Waals surface area contributed by atoms with E-state index < -0.39 is 0 Å². The molecule has 0 aromatic carbocycles. The molecule has 19 heavy (non-hydrogen) atoms. The van der Waals surface area contributed by atoms with Crippen LogP contribution in [0.5, 0.6) is 0 Å². The maximum atomic E-state index is 12.2. The van der Waals surface area contributed by atoms with Crippen molar-refractivity contribution in [2.24, 2.45) is 5.92 Å². The van der Waals surface area contributed by atoms with Crippen molar-refractivity contribution in [1.29, 1.82) is 0 Å². The predicted octanol–water partition coefficient (Wildman–Crippen LogP) is 0.328. The molecule has 0 aromatic heterocycles. The third-order valence-electron chi connectivity index (χ3n) is 4.38. The van der Waals surface area contributed by atoms with Gasteiger partial charge in [0.2, 0.25) is 5.91 Å². The van der Waals surface area contributed by atoms with Crippen molar-refractivity contribution in [1.82, 2.24) is 9.80 Å². The maximum absolute atomic E-state index is 12.2. The van der Waals surface area contributed by atoms with E-state index in [1.165, 1.54) is 0 Å². The van der Waals surface area contributed by atoms with E-state index in [1.807, 2.05) is 11.9 Å². The van der Waals surface area contributed by atoms with E-state index in [0.29, 0.717) is 24.3 Å². The molecule has 2 heterocycles. The van der Waals surface area contributed by atoms with Gasteiger partial charge in [-0.05, 0) is 32.2 Å². The first-order valence-corrected chi connectivity index (χ1v) is 7.37. The molecule has 0 unspecified atom stereocenters. The summed E-state index contributed by atoms with van der Waals surface area (Å²) in [6, 6.07) is 0.506. The van der Waals surface area contributed by atoms with Crippen LogP contribution in [0.1, 0.15) is 25.7 Å². The highest BCUT2D eigenvalue weighted by Gasteiger charge is 2.27. The van der Waals surface area contributed by atoms with Crippen LogP contribution in [0.3, 0.4) is 0 Å². The van der Waals surface area contributed by atoms with E-state index in [9.17, 15) is 4.79 Å². The smallest absolute Gasteiger partial charge is 0.222 e. The van der Waals surface area contributed by atoms with Gasteiger partial charge in [-0.2, -0.15) is 0 Å². The van der Waals surface area contributed by atoms with Crippen molar-refractivity contribution in [3.8, 4) is 0 Å². The normalized spacial score (nSPS) is 25.2. The number of hydrogen-bond donors (Lipinski definition) is 1. The molecular formula is C14H26N2O3. The van der Waals surface area contributed by atoms with Gasteiger partial charge in [-0.1, -0.05) is 0 Å². The number of likely N-dealkylation sites (N-methyl/N-ethyl adjacent to an activating group) is 1. The summed E-state index contributed by atoms with van der Waals surface area (Å²) in [5, 5.41) is 8.95. The van der Waals surface area contributed by atoms with Gasteiger partial charge in [0.25, 0.3) is 0 Å². The maximum Gasteiger partial charge on any atom is 0.222 e. The molecule has 5 nitrogen and oxygen atoms in total. The molecule has 2 rings (SSSR count). The topological polar surface area (TPSA) is 53.0 Å². The van der Waals surface area contributed by atoms with Gasteiger partial charge in [-0.25, -0.2) is 0 Å². The van der Waals surface area contributed by atoms with Crippen molar-refractivity contribution in [2.45, 2.75) is 31.7 Å². The number of carbonyl (C=O) groups excluding carboxylic acids is 1. The molecule has 0 radical (unpaired) electrons. The Morgan fingerprint density at radius 3 is 2.68 bits per heavy atom. The van der Waals surface area contributed by atoms with E-state index in [2.05, 4.69) is 4.90 Å². The van der Waals surface area contributed by atoms with Gasteiger partial charge < -0.3 is 19.6 Å². The van der Waals surface area contributed by atoms with Crippen LogP contribution >= 0.6 is 0 Å². The number of hydrogen-bond acceptors (Lipinski definition) is 4. The number of aliphatic hydroxyl groups excluding tert-OH is 1. The van der Waals surface area contributed by atoms with Crippen LogP contribution in [-0.4, -0.2) is 73.4 Å². The Labute approximate surface area is 115 Å². The number of aliphatic hydroxyl groups is 1. The molecule has 2 fully saturated rings. The Morgan fingerprint density at radius 2 is 2.11 bits per heavy atom. The van der Waals surface area contributed by atoms with Crippen LogP contribution < -0.4 is 0 Å². The Balaban J connectivity index is 1.71. The Hall–Kier alpha value is -0.650. The highest BCUT2D eigenvalue weighted by Crippen LogP contribution is 2.20. The highest BCUT2D eigenvalue weighted by atomic mass is 16.5. The molecule has 5 heteroatoms. The molecule has 1 atom stereocenters. The molecular weight excluding hydrogens is 244 g/mol. The first-order valence-electron chi connectivity index (χ1n) is 7.37. The van der Waals surface area contributed by atoms with E-state index in [1.54, 1.807) is 0 Å². The fourth-order valence-electron chi connectivity index (χ4n) is 3.02. The van der Waals surface area contributed by atoms with Gasteiger partial charge >= 0.3 is 0 Å². The number of piperidine rings is 1. The van der Waals surface area contributed by atoms with E-state index in [4.69, 9.17) is 9.84 Å². The summed E-state index contributed by atoms with van der Waals surface area (Å²) in [4.78, 5) is 16.4. The lowest BCUT2D eigenvalue weighted by Crippen LogP contribution is -2.46. The second-order valence-corrected chi connectivity index (χ2v) is 5.75. The number of likely N-dealkylation sites (tertiary alicyclic amines) is 1. The molecule has 2 aliphatic rings. The van der Waals surface area contributed by atoms with Crippen molar-refractivity contribution in [2.75, 3.05) is 46.5 Å². The number of ether oxygens (including phenoxy) is 1. The Morgan fingerprint density at radius 1 is 1.37 bits per heavy atom. The largest absolute Gasteiger partial charge is 0.395 e. The summed E-state index contributed by atoms with van der Waals surface area (Å²) >= 11 is 0. The summed E-state index contributed by atoms with van der Waals surface area (Å²) in [5.41, 5.74) is 0. The predicted molar refractivity (Wildman–Crippen MR) is 72.9 cm³/mol. The van der Waals surface area contributed by atoms with Gasteiger partial charge in [0.15, 0.2) is 0 Å². The average molecular weight is 270 g/mol. The number of carbonyl (C=O) groups is 1. The molecule has 0 aromatic rings. The van der Waals surface area contributed by atoms with Gasteiger partial charge in [-0.3, -0.25) is 4.79 Å². The average Bonchev–Trinajstić information content (AvgIpc) is 2.92. The van der Waals surface area contributed by atoms with Crippen LogP contribution in [0.15, 0.2) is 0 Å². The minimum Gasteiger partial charge on any atom is -0.395 e. The number of rotatable bonds is 5. The SMILES string of the molecule is CN(CCO)C1CCN(C(=O)C[C@@H]2CCOC2)CC1. The van der Waals surface area contributed by atoms with Gasteiger partial charge in [-0.15, -0.1) is 0 Å². The second-order valence-electron chi connectivity index (χ2n) is 5.75. The number of amides is 1.